The molecule has 37 heavy (non-hydrogen) atoms. The van der Waals surface area contributed by atoms with Gasteiger partial charge in [-0.2, -0.15) is 30.7 Å². The van der Waals surface area contributed by atoms with Gasteiger partial charge in [0.05, 0.1) is 6.54 Å². The minimum Gasteiger partial charge on any atom is -0.428 e. The fraction of sp³-hybridized carbons (Fsp3) is 0.308. The van der Waals surface area contributed by atoms with Crippen LogP contribution in [0.15, 0.2) is 78.9 Å². The average Bonchev–Trinajstić information content (AvgIpc) is 2.85. The molecule has 0 saturated heterocycles. The molecule has 202 valence electrons. The van der Waals surface area contributed by atoms with Gasteiger partial charge in [0.25, 0.3) is 0 Å². The Kier molecular flexibility index (Phi) is 10.6. The quantitative estimate of drug-likeness (QED) is 0.264. The van der Waals surface area contributed by atoms with Gasteiger partial charge in [-0.25, -0.2) is 0 Å². The second-order valence-corrected chi connectivity index (χ2v) is 7.59. The Morgan fingerprint density at radius 2 is 1.46 bits per heavy atom. The van der Waals surface area contributed by atoms with Crippen molar-refractivity contribution in [3.63, 3.8) is 0 Å². The summed E-state index contributed by atoms with van der Waals surface area (Å²) in [6.07, 6.45) is -16.4. The molecule has 0 radical (unpaired) electrons. The third-order valence-corrected chi connectivity index (χ3v) is 4.82. The maximum atomic E-state index is 13.3. The number of ether oxygens (including phenoxy) is 1. The predicted molar refractivity (Wildman–Crippen MR) is 129 cm³/mol. The highest BCUT2D eigenvalue weighted by Crippen LogP contribution is 2.30. The number of para-hydroxylation sites is 1. The second-order valence-electron chi connectivity index (χ2n) is 7.59. The van der Waals surface area contributed by atoms with E-state index >= 15 is 0 Å². The molecule has 0 saturated carbocycles. The average molecular weight is 533 g/mol. The van der Waals surface area contributed by atoms with Crippen molar-refractivity contribution >= 4 is 17.1 Å². The zero-order chi connectivity index (χ0) is 27.6. The van der Waals surface area contributed by atoms with Crippen molar-refractivity contribution in [3.05, 3.63) is 84.4 Å². The van der Waals surface area contributed by atoms with E-state index in [-0.39, 0.29) is 12.1 Å². The first-order chi connectivity index (χ1) is 17.4. The normalized spacial score (nSPS) is 12.4. The van der Waals surface area contributed by atoms with Crippen LogP contribution in [0.4, 0.5) is 47.8 Å². The summed E-state index contributed by atoms with van der Waals surface area (Å²) in [7, 11) is 0. The highest BCUT2D eigenvalue weighted by atomic mass is 19.4. The van der Waals surface area contributed by atoms with E-state index in [1.807, 2.05) is 19.9 Å². The number of anilines is 3. The lowest BCUT2D eigenvalue weighted by Crippen LogP contribution is -2.41. The molecule has 1 atom stereocenters. The molecule has 0 aliphatic heterocycles. The summed E-state index contributed by atoms with van der Waals surface area (Å²) in [5.41, 5.74) is 1.77. The zero-order valence-electron chi connectivity index (χ0n) is 20.0. The van der Waals surface area contributed by atoms with Gasteiger partial charge in [0.15, 0.2) is 6.10 Å². The Balaban J connectivity index is 0.00000235. The van der Waals surface area contributed by atoms with E-state index < -0.39 is 37.1 Å². The molecule has 0 aliphatic carbocycles. The number of alkyl halides is 7. The molecule has 4 nitrogen and oxygen atoms in total. The number of benzene rings is 3. The van der Waals surface area contributed by atoms with Crippen molar-refractivity contribution in [1.82, 2.24) is 0 Å². The fourth-order valence-electron chi connectivity index (χ4n) is 3.17. The minimum absolute atomic E-state index is 0.198. The van der Waals surface area contributed by atoms with E-state index in [4.69, 9.17) is 0 Å². The van der Waals surface area contributed by atoms with Crippen LogP contribution in [0.1, 0.15) is 19.4 Å². The number of nitrogens with zero attached hydrogens (tertiary/aromatic N) is 1. The first-order valence-corrected chi connectivity index (χ1v) is 11.3. The lowest BCUT2D eigenvalue weighted by atomic mass is 10.1. The first kappa shape index (κ1) is 29.8. The molecule has 0 aliphatic rings. The lowest BCUT2D eigenvalue weighted by Gasteiger charge is -2.29. The van der Waals surface area contributed by atoms with Crippen LogP contribution in [-0.4, -0.2) is 36.5 Å². The number of nitrogens with one attached hydrogen (secondary N) is 1. The fourth-order valence-corrected chi connectivity index (χ4v) is 3.17. The van der Waals surface area contributed by atoms with Crippen LogP contribution in [0.3, 0.4) is 0 Å². The molecule has 2 N–H and O–H groups in total. The molecule has 0 spiro atoms. The summed E-state index contributed by atoms with van der Waals surface area (Å²) in [5.74, 6) is -0.580. The largest absolute Gasteiger partial charge is 0.461 e. The molecule has 11 heteroatoms. The minimum atomic E-state index is -4.90. The number of aliphatic hydroxyl groups excluding tert-OH is 1. The van der Waals surface area contributed by atoms with Crippen LogP contribution < -0.4 is 15.0 Å². The predicted octanol–water partition coefficient (Wildman–Crippen LogP) is 7.62. The van der Waals surface area contributed by atoms with Crippen molar-refractivity contribution in [2.45, 2.75) is 45.2 Å². The van der Waals surface area contributed by atoms with Crippen molar-refractivity contribution in [1.29, 1.82) is 0 Å². The Morgan fingerprint density at radius 1 is 0.838 bits per heavy atom. The summed E-state index contributed by atoms with van der Waals surface area (Å²) >= 11 is 0. The zero-order valence-corrected chi connectivity index (χ0v) is 20.0. The summed E-state index contributed by atoms with van der Waals surface area (Å²) in [4.78, 5) is 1.19. The molecule has 3 aromatic carbocycles. The van der Waals surface area contributed by atoms with Gasteiger partial charge in [-0.05, 0) is 48.0 Å². The van der Waals surface area contributed by atoms with Crippen LogP contribution in [0.2, 0.25) is 0 Å². The summed E-state index contributed by atoms with van der Waals surface area (Å²) in [5, 5.41) is 12.8. The highest BCUT2D eigenvalue weighted by Gasteiger charge is 2.44. The summed E-state index contributed by atoms with van der Waals surface area (Å²) in [6, 6.07) is 20.1. The van der Waals surface area contributed by atoms with E-state index in [1.165, 1.54) is 23.1 Å². The molecular formula is C26H27F7N2O2. The van der Waals surface area contributed by atoms with Crippen LogP contribution in [0, 0.1) is 0 Å². The maximum absolute atomic E-state index is 13.3. The van der Waals surface area contributed by atoms with Gasteiger partial charge < -0.3 is 20.1 Å². The number of hydrogen-bond acceptors (Lipinski definition) is 4. The second kappa shape index (κ2) is 13.2. The van der Waals surface area contributed by atoms with Crippen LogP contribution >= 0.6 is 0 Å². The topological polar surface area (TPSA) is 44.7 Å². The maximum Gasteiger partial charge on any atom is 0.461 e. The Hall–Kier alpha value is -3.47. The van der Waals surface area contributed by atoms with Gasteiger partial charge in [-0.3, -0.25) is 0 Å². The third kappa shape index (κ3) is 9.16. The van der Waals surface area contributed by atoms with Crippen molar-refractivity contribution in [2.24, 2.45) is 0 Å². The first-order valence-electron chi connectivity index (χ1n) is 11.3. The van der Waals surface area contributed by atoms with Crippen molar-refractivity contribution < 1.29 is 40.6 Å². The van der Waals surface area contributed by atoms with Gasteiger partial charge >= 0.3 is 18.7 Å². The highest BCUT2D eigenvalue weighted by molar-refractivity contribution is 5.65. The molecular weight excluding hydrogens is 505 g/mol. The SMILES string of the molecule is CC.OC(CN(Cc1cccc(OC(F)(F)C(F)F)c1)c1cccc(Nc2ccccc2)c1)C(F)(F)F. The third-order valence-electron chi connectivity index (χ3n) is 4.82. The van der Waals surface area contributed by atoms with Gasteiger partial charge in [-0.15, -0.1) is 0 Å². The number of hydrogen-bond donors (Lipinski definition) is 2. The molecule has 1 unspecified atom stereocenters. The molecule has 0 fully saturated rings. The Bertz CT molecular complexity index is 1100. The van der Waals surface area contributed by atoms with E-state index in [0.29, 0.717) is 11.4 Å². The van der Waals surface area contributed by atoms with E-state index in [0.717, 1.165) is 17.8 Å². The van der Waals surface area contributed by atoms with Crippen molar-refractivity contribution in [2.75, 3.05) is 16.8 Å². The Morgan fingerprint density at radius 3 is 2.08 bits per heavy atom. The standard InChI is InChI=1S/C24H21F7N2O2.C2H6/c25-22(26)24(30,31)35-20-11-4-6-16(12-20)14-33(15-21(34)23(27,28)29)19-10-5-9-18(13-19)32-17-7-2-1-3-8-17;1-2/h1-13,21-22,32,34H,14-15H2;1-2H3. The molecule has 3 aromatic rings. The van der Waals surface area contributed by atoms with Gasteiger partial charge in [0.2, 0.25) is 0 Å². The van der Waals surface area contributed by atoms with E-state index in [9.17, 15) is 35.8 Å². The van der Waals surface area contributed by atoms with Crippen LogP contribution in [-0.2, 0) is 6.54 Å². The molecule has 0 aromatic heterocycles. The summed E-state index contributed by atoms with van der Waals surface area (Å²) < 4.78 is 94.8. The summed E-state index contributed by atoms with van der Waals surface area (Å²) in [6.45, 7) is 2.87. The molecule has 0 heterocycles. The smallest absolute Gasteiger partial charge is 0.428 e. The molecule has 0 bridgehead atoms. The molecule has 3 rings (SSSR count). The number of halogens is 7. The lowest BCUT2D eigenvalue weighted by molar-refractivity contribution is -0.253. The van der Waals surface area contributed by atoms with Gasteiger partial charge in [0, 0.05) is 23.6 Å². The van der Waals surface area contributed by atoms with E-state index in [2.05, 4.69) is 10.1 Å². The van der Waals surface area contributed by atoms with Crippen molar-refractivity contribution in [3.8, 4) is 5.75 Å². The number of rotatable bonds is 10. The Labute approximate surface area is 210 Å². The van der Waals surface area contributed by atoms with Crippen LogP contribution in [0.5, 0.6) is 5.75 Å². The van der Waals surface area contributed by atoms with Gasteiger partial charge in [-0.1, -0.05) is 50.2 Å². The number of aliphatic hydroxyl groups is 1. The van der Waals surface area contributed by atoms with Crippen LogP contribution in [0.25, 0.3) is 0 Å². The van der Waals surface area contributed by atoms with E-state index in [1.54, 1.807) is 42.5 Å². The monoisotopic (exact) mass is 532 g/mol. The van der Waals surface area contributed by atoms with Gasteiger partial charge in [0.1, 0.15) is 5.75 Å². The molecule has 0 amide bonds.